The molecule has 1 N–H and O–H groups in total. The first-order valence-electron chi connectivity index (χ1n) is 10.0. The third-order valence-electron chi connectivity index (χ3n) is 5.38. The number of fused-ring (bicyclic) bond motifs is 2. The minimum Gasteiger partial charge on any atom is -0.492 e. The maximum Gasteiger partial charge on any atom is 0.196 e. The number of benzene rings is 2. The first-order valence-corrected chi connectivity index (χ1v) is 10.0. The van der Waals surface area contributed by atoms with E-state index < -0.39 is 0 Å². The summed E-state index contributed by atoms with van der Waals surface area (Å²) in [5.74, 6) is 2.49. The number of rotatable bonds is 5. The van der Waals surface area contributed by atoms with E-state index in [-0.39, 0.29) is 5.43 Å². The highest BCUT2D eigenvalue weighted by atomic mass is 16.5. The van der Waals surface area contributed by atoms with Crippen LogP contribution in [-0.2, 0) is 6.42 Å². The zero-order chi connectivity index (χ0) is 21.4. The van der Waals surface area contributed by atoms with Crippen molar-refractivity contribution >= 4 is 22.6 Å². The van der Waals surface area contributed by atoms with Crippen LogP contribution in [0.25, 0.3) is 34.0 Å². The molecular weight excluding hydrogens is 396 g/mol. The van der Waals surface area contributed by atoms with Crippen molar-refractivity contribution in [1.29, 1.82) is 0 Å². The van der Waals surface area contributed by atoms with E-state index in [0.29, 0.717) is 59.1 Å². The number of ether oxygens (including phenoxy) is 2. The molecule has 0 fully saturated rings. The summed E-state index contributed by atoms with van der Waals surface area (Å²) in [6.07, 6.45) is 3.35. The van der Waals surface area contributed by atoms with Crippen molar-refractivity contribution in [2.75, 3.05) is 13.7 Å². The van der Waals surface area contributed by atoms with E-state index in [1.54, 1.807) is 19.2 Å². The van der Waals surface area contributed by atoms with Crippen LogP contribution >= 0.6 is 0 Å². The number of nitrogens with zero attached hydrogens (tertiary/aromatic N) is 3. The highest BCUT2D eigenvalue weighted by Gasteiger charge is 2.25. The van der Waals surface area contributed by atoms with Crippen molar-refractivity contribution in [2.24, 2.45) is 0 Å². The first-order chi connectivity index (χ1) is 15.2. The van der Waals surface area contributed by atoms with Gasteiger partial charge in [0.15, 0.2) is 22.8 Å². The van der Waals surface area contributed by atoms with Gasteiger partial charge in [0.1, 0.15) is 11.3 Å². The summed E-state index contributed by atoms with van der Waals surface area (Å²) >= 11 is 0. The third kappa shape index (κ3) is 3.26. The van der Waals surface area contributed by atoms with Gasteiger partial charge in [0.05, 0.1) is 19.1 Å². The molecule has 1 aliphatic carbocycles. The van der Waals surface area contributed by atoms with Crippen LogP contribution in [0.4, 0.5) is 0 Å². The van der Waals surface area contributed by atoms with Crippen LogP contribution in [0.3, 0.4) is 0 Å². The molecule has 5 rings (SSSR count). The predicted molar refractivity (Wildman–Crippen MR) is 116 cm³/mol. The van der Waals surface area contributed by atoms with Crippen LogP contribution < -0.4 is 14.9 Å². The predicted octanol–water partition coefficient (Wildman–Crippen LogP) is 3.87. The Balaban J connectivity index is 1.61. The van der Waals surface area contributed by atoms with Crippen molar-refractivity contribution in [3.63, 3.8) is 0 Å². The molecule has 1 aliphatic rings. The average molecular weight is 416 g/mol. The van der Waals surface area contributed by atoms with Gasteiger partial charge >= 0.3 is 0 Å². The van der Waals surface area contributed by atoms with Crippen molar-refractivity contribution in [2.45, 2.75) is 19.8 Å². The topological polar surface area (TPSA) is 103 Å². The number of allylic oxidation sites excluding steroid dienone is 1. The molecule has 31 heavy (non-hydrogen) atoms. The Labute approximate surface area is 177 Å². The molecule has 2 aromatic heterocycles. The number of aromatic nitrogens is 4. The Kier molecular flexibility index (Phi) is 4.74. The number of H-pyrrole nitrogens is 1. The number of hydrogen-bond acceptors (Lipinski definition) is 7. The molecule has 0 unspecified atom stereocenters. The number of hydrogen-bond donors (Lipinski definition) is 1. The zero-order valence-electron chi connectivity index (χ0n) is 17.1. The van der Waals surface area contributed by atoms with E-state index in [9.17, 15) is 4.79 Å². The number of nitrogens with one attached hydrogen (secondary N) is 1. The summed E-state index contributed by atoms with van der Waals surface area (Å²) in [7, 11) is 1.62. The fourth-order valence-electron chi connectivity index (χ4n) is 3.98. The smallest absolute Gasteiger partial charge is 0.196 e. The molecule has 0 bridgehead atoms. The summed E-state index contributed by atoms with van der Waals surface area (Å²) in [5, 5.41) is 14.3. The number of methoxy groups -OCH3 is 1. The van der Waals surface area contributed by atoms with Gasteiger partial charge in [-0.1, -0.05) is 12.1 Å². The highest BCUT2D eigenvalue weighted by molar-refractivity contribution is 5.89. The van der Waals surface area contributed by atoms with E-state index >= 15 is 0 Å². The van der Waals surface area contributed by atoms with Gasteiger partial charge in [0.2, 0.25) is 0 Å². The minimum atomic E-state index is -0.0241. The van der Waals surface area contributed by atoms with Crippen LogP contribution in [0.15, 0.2) is 45.6 Å². The molecule has 2 aromatic carbocycles. The van der Waals surface area contributed by atoms with E-state index in [4.69, 9.17) is 13.9 Å². The summed E-state index contributed by atoms with van der Waals surface area (Å²) in [4.78, 5) is 13.2. The van der Waals surface area contributed by atoms with Gasteiger partial charge in [-0.05, 0) is 66.1 Å². The normalized spacial score (nSPS) is 14.2. The Morgan fingerprint density at radius 1 is 1.23 bits per heavy atom. The Bertz CT molecular complexity index is 1360. The lowest BCUT2D eigenvalue weighted by atomic mass is 10.1. The highest BCUT2D eigenvalue weighted by Crippen LogP contribution is 2.38. The van der Waals surface area contributed by atoms with E-state index in [0.717, 1.165) is 16.7 Å². The lowest BCUT2D eigenvalue weighted by Crippen LogP contribution is -2.08. The molecule has 0 atom stereocenters. The van der Waals surface area contributed by atoms with Crippen molar-refractivity contribution in [3.05, 3.63) is 63.5 Å². The zero-order valence-corrected chi connectivity index (χ0v) is 17.1. The molecule has 0 saturated carbocycles. The van der Waals surface area contributed by atoms with Crippen LogP contribution in [0, 0.1) is 0 Å². The molecule has 8 nitrogen and oxygen atoms in total. The quantitative estimate of drug-likeness (QED) is 0.527. The third-order valence-corrected chi connectivity index (χ3v) is 5.38. The Hall–Kier alpha value is -3.94. The van der Waals surface area contributed by atoms with Crippen LogP contribution in [-0.4, -0.2) is 34.3 Å². The van der Waals surface area contributed by atoms with E-state index in [1.807, 2.05) is 37.3 Å². The van der Waals surface area contributed by atoms with Gasteiger partial charge in [0, 0.05) is 16.7 Å². The number of aromatic amines is 1. The Morgan fingerprint density at radius 3 is 2.90 bits per heavy atom. The molecule has 0 radical (unpaired) electrons. The lowest BCUT2D eigenvalue weighted by molar-refractivity contribution is 0.310. The van der Waals surface area contributed by atoms with Crippen LogP contribution in [0.1, 0.15) is 30.2 Å². The fraction of sp³-hybridized carbons (Fsp3) is 0.217. The minimum absolute atomic E-state index is 0.0241. The van der Waals surface area contributed by atoms with Crippen LogP contribution in [0.2, 0.25) is 0 Å². The molecule has 0 aliphatic heterocycles. The Morgan fingerprint density at radius 2 is 2.13 bits per heavy atom. The van der Waals surface area contributed by atoms with Crippen molar-refractivity contribution in [1.82, 2.24) is 20.6 Å². The second-order valence-electron chi connectivity index (χ2n) is 7.18. The van der Waals surface area contributed by atoms with Crippen LogP contribution in [0.5, 0.6) is 11.5 Å². The van der Waals surface area contributed by atoms with Gasteiger partial charge in [0.25, 0.3) is 0 Å². The van der Waals surface area contributed by atoms with Crippen molar-refractivity contribution < 1.29 is 13.9 Å². The van der Waals surface area contributed by atoms with E-state index in [1.165, 1.54) is 0 Å². The maximum atomic E-state index is 13.2. The summed E-state index contributed by atoms with van der Waals surface area (Å²) in [5.41, 5.74) is 3.77. The van der Waals surface area contributed by atoms with Gasteiger partial charge in [-0.15, -0.1) is 5.10 Å². The molecule has 156 valence electrons. The van der Waals surface area contributed by atoms with Crippen molar-refractivity contribution in [3.8, 4) is 22.9 Å². The summed E-state index contributed by atoms with van der Waals surface area (Å²) < 4.78 is 17.5. The lowest BCUT2D eigenvalue weighted by Gasteiger charge is -2.12. The first kappa shape index (κ1) is 19.0. The van der Waals surface area contributed by atoms with Gasteiger partial charge in [-0.25, -0.2) is 5.10 Å². The maximum absolute atomic E-state index is 13.2. The van der Waals surface area contributed by atoms with Gasteiger partial charge in [-0.3, -0.25) is 4.79 Å². The van der Waals surface area contributed by atoms with E-state index in [2.05, 4.69) is 20.6 Å². The molecule has 2 heterocycles. The molecule has 0 saturated heterocycles. The molecule has 0 spiro atoms. The largest absolute Gasteiger partial charge is 0.492 e. The molecule has 0 amide bonds. The van der Waals surface area contributed by atoms with Gasteiger partial charge in [-0.2, -0.15) is 0 Å². The second kappa shape index (κ2) is 7.71. The molecular formula is C23H20N4O4. The fourth-order valence-corrected chi connectivity index (χ4v) is 3.98. The average Bonchev–Trinajstić information content (AvgIpc) is 3.45. The monoisotopic (exact) mass is 416 g/mol. The SMILES string of the molecule is CCOc1cccc(/C=C2/CCc3c2oc2ccc(-c4nnn[nH]4)cc2c3=O)c1OC. The number of tetrazole rings is 1. The second-order valence-corrected chi connectivity index (χ2v) is 7.18. The number of para-hydroxylation sites is 1. The summed E-state index contributed by atoms with van der Waals surface area (Å²) in [6, 6.07) is 11.1. The molecule has 8 heteroatoms. The standard InChI is InChI=1S/C23H20N4O4/c1-3-30-19-6-4-5-13(22(19)29-2)11-14-7-9-16-20(28)17-12-15(23-24-26-27-25-23)8-10-18(17)31-21(14)16/h4-6,8,10-12H,3,7,9H2,1-2H3,(H,24,25,26,27)/b14-11-. The molecule has 4 aromatic rings. The van der Waals surface area contributed by atoms with Gasteiger partial charge < -0.3 is 13.9 Å². The summed E-state index contributed by atoms with van der Waals surface area (Å²) in [6.45, 7) is 2.48.